The molecule has 0 saturated carbocycles. The van der Waals surface area contributed by atoms with Gasteiger partial charge in [0.05, 0.1) is 35.3 Å². The molecule has 3 aromatic rings. The van der Waals surface area contributed by atoms with E-state index in [1.54, 1.807) is 43.6 Å². The summed E-state index contributed by atoms with van der Waals surface area (Å²) in [6, 6.07) is 17.8. The third kappa shape index (κ3) is 4.52. The summed E-state index contributed by atoms with van der Waals surface area (Å²) in [6.45, 7) is 2.26. The number of nitriles is 1. The van der Waals surface area contributed by atoms with Gasteiger partial charge in [0.1, 0.15) is 0 Å². The van der Waals surface area contributed by atoms with Gasteiger partial charge in [-0.3, -0.25) is 15.2 Å². The quantitative estimate of drug-likeness (QED) is 0.511. The molecule has 4 N–H and O–H groups in total. The van der Waals surface area contributed by atoms with Crippen molar-refractivity contribution in [2.75, 3.05) is 0 Å². The normalized spacial score (nSPS) is 14.7. The van der Waals surface area contributed by atoms with Crippen molar-refractivity contribution in [3.63, 3.8) is 0 Å². The minimum Gasteiger partial charge on any atom is -0.382 e. The topological polar surface area (TPSA) is 145 Å². The molecule has 1 aromatic carbocycles. The number of nitrogens with two attached hydrogens (primary N) is 1. The fourth-order valence-corrected chi connectivity index (χ4v) is 3.57. The molecule has 0 fully saturated rings. The summed E-state index contributed by atoms with van der Waals surface area (Å²) >= 11 is 0. The number of aliphatic imine (C=N–C) groups is 1. The number of nitrogens with zero attached hydrogens (tertiary/aromatic N) is 5. The Kier molecular flexibility index (Phi) is 6.14. The monoisotopic (exact) mass is 450 g/mol. The average Bonchev–Trinajstić information content (AvgIpc) is 2.83. The first-order valence-electron chi connectivity index (χ1n) is 10.5. The number of hydrogen-bond acceptors (Lipinski definition) is 8. The second-order valence-electron chi connectivity index (χ2n) is 7.72. The molecule has 0 amide bonds. The third-order valence-electron chi connectivity index (χ3n) is 5.24. The predicted octanol–water partition coefficient (Wildman–Crippen LogP) is 2.37. The van der Waals surface area contributed by atoms with Crippen LogP contribution in [0.3, 0.4) is 0 Å². The number of amidine groups is 1. The smallest absolute Gasteiger partial charge is 0.250 e. The standard InChI is InChI=1S/C25H22N8O/c1-15-5-3-8-19(30-15)13-29-32-24-22(27)21(18-9-10-20(34)33(2)14-18)23(31-25(24)28)17-7-4-6-16(11-17)12-26/h3-11,14,27,29H,13H2,1-2H3,(H2,28,31)/b27-22?,32-24+. The fourth-order valence-electron chi connectivity index (χ4n) is 3.57. The molecule has 34 heavy (non-hydrogen) atoms. The lowest BCUT2D eigenvalue weighted by molar-refractivity contribution is 0.726. The van der Waals surface area contributed by atoms with Crippen molar-refractivity contribution >= 4 is 28.5 Å². The molecule has 0 spiro atoms. The lowest BCUT2D eigenvalue weighted by Crippen LogP contribution is -2.36. The number of aryl methyl sites for hydroxylation is 2. The highest BCUT2D eigenvalue weighted by Crippen LogP contribution is 2.31. The summed E-state index contributed by atoms with van der Waals surface area (Å²) in [5.74, 6) is 0.0700. The van der Waals surface area contributed by atoms with Gasteiger partial charge in [-0.2, -0.15) is 10.4 Å². The number of hydrazone groups is 1. The number of benzene rings is 1. The van der Waals surface area contributed by atoms with Crippen LogP contribution in [0.4, 0.5) is 0 Å². The van der Waals surface area contributed by atoms with Gasteiger partial charge in [-0.05, 0) is 37.3 Å². The molecule has 0 atom stereocenters. The summed E-state index contributed by atoms with van der Waals surface area (Å²) in [4.78, 5) is 20.9. The minimum absolute atomic E-state index is 0.0493. The number of hydrogen-bond donors (Lipinski definition) is 3. The van der Waals surface area contributed by atoms with Crippen LogP contribution in [0.25, 0.3) is 11.3 Å². The zero-order valence-corrected chi connectivity index (χ0v) is 18.7. The number of allylic oxidation sites excluding steroid dienone is 1. The van der Waals surface area contributed by atoms with Gasteiger partial charge in [0.25, 0.3) is 0 Å². The van der Waals surface area contributed by atoms with Crippen LogP contribution in [0.15, 0.2) is 75.7 Å². The second kappa shape index (κ2) is 9.34. The van der Waals surface area contributed by atoms with E-state index < -0.39 is 0 Å². The van der Waals surface area contributed by atoms with E-state index in [4.69, 9.17) is 11.1 Å². The molecule has 1 aliphatic heterocycles. The van der Waals surface area contributed by atoms with Crippen molar-refractivity contribution in [1.29, 1.82) is 10.7 Å². The van der Waals surface area contributed by atoms with Crippen LogP contribution in [0.5, 0.6) is 0 Å². The Morgan fingerprint density at radius 2 is 1.97 bits per heavy atom. The summed E-state index contributed by atoms with van der Waals surface area (Å²) < 4.78 is 1.43. The van der Waals surface area contributed by atoms with E-state index in [-0.39, 0.29) is 22.8 Å². The van der Waals surface area contributed by atoms with Gasteiger partial charge in [-0.15, -0.1) is 0 Å². The van der Waals surface area contributed by atoms with Gasteiger partial charge in [0.15, 0.2) is 11.5 Å². The maximum atomic E-state index is 12.0. The van der Waals surface area contributed by atoms with E-state index in [9.17, 15) is 10.1 Å². The zero-order valence-electron chi connectivity index (χ0n) is 18.7. The number of aromatic nitrogens is 2. The zero-order chi connectivity index (χ0) is 24.2. The van der Waals surface area contributed by atoms with Gasteiger partial charge < -0.3 is 15.7 Å². The molecule has 0 bridgehead atoms. The van der Waals surface area contributed by atoms with Crippen LogP contribution >= 0.6 is 0 Å². The Morgan fingerprint density at radius 1 is 1.18 bits per heavy atom. The Bertz CT molecular complexity index is 1490. The minimum atomic E-state index is -0.177. The molecule has 3 heterocycles. The second-order valence-corrected chi connectivity index (χ2v) is 7.72. The van der Waals surface area contributed by atoms with Gasteiger partial charge in [0, 0.05) is 41.7 Å². The summed E-state index contributed by atoms with van der Waals surface area (Å²) in [7, 11) is 1.64. The Labute approximate surface area is 196 Å². The molecule has 1 aliphatic rings. The molecule has 0 radical (unpaired) electrons. The van der Waals surface area contributed by atoms with Gasteiger partial charge >= 0.3 is 0 Å². The van der Waals surface area contributed by atoms with E-state index in [0.717, 1.165) is 11.4 Å². The number of nitrogens with one attached hydrogen (secondary N) is 2. The highest BCUT2D eigenvalue weighted by molar-refractivity contribution is 6.78. The van der Waals surface area contributed by atoms with Crippen LogP contribution < -0.4 is 16.7 Å². The van der Waals surface area contributed by atoms with E-state index >= 15 is 0 Å². The van der Waals surface area contributed by atoms with Crippen LogP contribution in [0.2, 0.25) is 0 Å². The number of pyridine rings is 2. The maximum absolute atomic E-state index is 12.0. The van der Waals surface area contributed by atoms with E-state index in [1.807, 2.05) is 25.1 Å². The summed E-state index contributed by atoms with van der Waals surface area (Å²) in [5, 5.41) is 22.6. The number of rotatable bonds is 5. The van der Waals surface area contributed by atoms with Crippen LogP contribution in [-0.2, 0) is 13.6 Å². The van der Waals surface area contributed by atoms with E-state index in [2.05, 4.69) is 26.6 Å². The first kappa shape index (κ1) is 22.4. The van der Waals surface area contributed by atoms with Crippen molar-refractivity contribution < 1.29 is 0 Å². The largest absolute Gasteiger partial charge is 0.382 e. The molecule has 2 aromatic heterocycles. The molecule has 168 valence electrons. The summed E-state index contributed by atoms with van der Waals surface area (Å²) in [6.07, 6.45) is 1.64. The van der Waals surface area contributed by atoms with Crippen molar-refractivity contribution in [2.45, 2.75) is 13.5 Å². The lowest BCUT2D eigenvalue weighted by atomic mass is 9.91. The molecule has 9 heteroatoms. The van der Waals surface area contributed by atoms with Crippen molar-refractivity contribution in [3.05, 3.63) is 99.2 Å². The first-order valence-corrected chi connectivity index (χ1v) is 10.5. The molecule has 0 unspecified atom stereocenters. The SMILES string of the molecule is Cc1cccc(CN/N=C2\C(=N)C(c3ccc(=O)n(C)c3)=C(c3cccc(C#N)c3)N=C2N)n1. The lowest BCUT2D eigenvalue weighted by Gasteiger charge is -2.21. The third-order valence-corrected chi connectivity index (χ3v) is 5.24. The molecule has 4 rings (SSSR count). The van der Waals surface area contributed by atoms with Crippen molar-refractivity contribution in [2.24, 2.45) is 22.9 Å². The van der Waals surface area contributed by atoms with E-state index in [1.165, 1.54) is 10.6 Å². The molecule has 0 saturated heterocycles. The predicted molar refractivity (Wildman–Crippen MR) is 132 cm³/mol. The maximum Gasteiger partial charge on any atom is 0.250 e. The van der Waals surface area contributed by atoms with Crippen molar-refractivity contribution in [3.8, 4) is 6.07 Å². The Morgan fingerprint density at radius 3 is 2.71 bits per heavy atom. The molecular formula is C25H22N8O. The van der Waals surface area contributed by atoms with Crippen LogP contribution in [0.1, 0.15) is 28.1 Å². The molecule has 0 aliphatic carbocycles. The highest BCUT2D eigenvalue weighted by Gasteiger charge is 2.28. The molecule has 9 nitrogen and oxygen atoms in total. The Balaban J connectivity index is 1.79. The summed E-state index contributed by atoms with van der Waals surface area (Å²) in [5.41, 5.74) is 13.5. The van der Waals surface area contributed by atoms with Gasteiger partial charge in [-0.25, -0.2) is 4.99 Å². The Hall–Kier alpha value is -4.84. The highest BCUT2D eigenvalue weighted by atomic mass is 16.1. The molecular weight excluding hydrogens is 428 g/mol. The van der Waals surface area contributed by atoms with Gasteiger partial charge in [0.2, 0.25) is 5.56 Å². The van der Waals surface area contributed by atoms with Crippen LogP contribution in [0, 0.1) is 23.7 Å². The fraction of sp³-hybridized carbons (Fsp3) is 0.120. The first-order chi connectivity index (χ1) is 16.4. The average molecular weight is 451 g/mol. The van der Waals surface area contributed by atoms with Crippen molar-refractivity contribution in [1.82, 2.24) is 15.0 Å². The van der Waals surface area contributed by atoms with Crippen LogP contribution in [-0.4, -0.2) is 26.8 Å². The van der Waals surface area contributed by atoms with E-state index in [0.29, 0.717) is 34.5 Å². The van der Waals surface area contributed by atoms with Gasteiger partial charge in [-0.1, -0.05) is 18.2 Å².